The van der Waals surface area contributed by atoms with E-state index in [0.29, 0.717) is 12.8 Å². The summed E-state index contributed by atoms with van der Waals surface area (Å²) >= 11 is 0. The number of halogens is 8. The molecule has 0 aliphatic rings. The average Bonchev–Trinajstić information content (AvgIpc) is 2.21. The van der Waals surface area contributed by atoms with Crippen LogP contribution >= 0.6 is 0 Å². The minimum atomic E-state index is -6.44. The molecule has 0 aromatic carbocycles. The Balaban J connectivity index is 4.89. The number of unbranched alkanes of at least 4 members (excludes halogenated alkanes) is 2. The van der Waals surface area contributed by atoms with Gasteiger partial charge in [0, 0.05) is 0 Å². The zero-order valence-electron chi connectivity index (χ0n) is 9.34. The first-order valence-corrected chi connectivity index (χ1v) is 5.06. The molecule has 0 amide bonds. The molecule has 0 aliphatic heterocycles. The third-order valence-electron chi connectivity index (χ3n) is 2.17. The lowest BCUT2D eigenvalue weighted by Gasteiger charge is -2.33. The molecule has 0 saturated heterocycles. The third-order valence-corrected chi connectivity index (χ3v) is 2.17. The molecular formula is C9H12F8O. The normalized spacial score (nSPS) is 17.0. The molecule has 1 unspecified atom stereocenters. The van der Waals surface area contributed by atoms with Gasteiger partial charge in [-0.2, -0.15) is 22.0 Å². The van der Waals surface area contributed by atoms with E-state index in [1.807, 2.05) is 0 Å². The van der Waals surface area contributed by atoms with Crippen molar-refractivity contribution in [1.82, 2.24) is 0 Å². The highest BCUT2D eigenvalue weighted by molar-refractivity contribution is 4.97. The predicted octanol–water partition coefficient (Wildman–Crippen LogP) is 4.32. The van der Waals surface area contributed by atoms with Crippen LogP contribution in [0.4, 0.5) is 35.1 Å². The maximum Gasteiger partial charge on any atom is 0.437 e. The molecular weight excluding hydrogens is 276 g/mol. The van der Waals surface area contributed by atoms with Crippen LogP contribution in [0.5, 0.6) is 0 Å². The minimum absolute atomic E-state index is 0.0801. The summed E-state index contributed by atoms with van der Waals surface area (Å²) in [5, 5.41) is 0. The SMILES string of the molecule is CCCCCOC(F)(F)C(F)(C(F)F)C(F)(F)F. The summed E-state index contributed by atoms with van der Waals surface area (Å²) < 4.78 is 102. The van der Waals surface area contributed by atoms with Gasteiger partial charge >= 0.3 is 18.0 Å². The molecule has 0 aliphatic carbocycles. The summed E-state index contributed by atoms with van der Waals surface area (Å²) in [7, 11) is 0. The van der Waals surface area contributed by atoms with E-state index in [9.17, 15) is 35.1 Å². The lowest BCUT2D eigenvalue weighted by Crippen LogP contribution is -2.61. The second kappa shape index (κ2) is 6.03. The number of hydrogen-bond acceptors (Lipinski definition) is 1. The molecule has 0 fully saturated rings. The Morgan fingerprint density at radius 1 is 0.944 bits per heavy atom. The van der Waals surface area contributed by atoms with Crippen LogP contribution < -0.4 is 0 Å². The third kappa shape index (κ3) is 3.46. The zero-order valence-corrected chi connectivity index (χ0v) is 9.34. The molecule has 0 aromatic rings. The Morgan fingerprint density at radius 2 is 1.44 bits per heavy atom. The first kappa shape index (κ1) is 17.4. The van der Waals surface area contributed by atoms with Crippen molar-refractivity contribution >= 4 is 0 Å². The molecule has 0 N–H and O–H groups in total. The van der Waals surface area contributed by atoms with E-state index in [4.69, 9.17) is 0 Å². The van der Waals surface area contributed by atoms with E-state index in [1.165, 1.54) is 0 Å². The molecule has 18 heavy (non-hydrogen) atoms. The molecule has 0 radical (unpaired) electrons. The smallest absolute Gasteiger partial charge is 0.317 e. The quantitative estimate of drug-likeness (QED) is 0.500. The van der Waals surface area contributed by atoms with Gasteiger partial charge in [-0.25, -0.2) is 13.2 Å². The van der Waals surface area contributed by atoms with E-state index in [-0.39, 0.29) is 6.42 Å². The van der Waals surface area contributed by atoms with Gasteiger partial charge in [0.15, 0.2) is 0 Å². The highest BCUT2D eigenvalue weighted by Gasteiger charge is 2.78. The Bertz CT molecular complexity index is 251. The van der Waals surface area contributed by atoms with E-state index >= 15 is 0 Å². The standard InChI is InChI=1S/C9H12F8O/c1-2-3-4-5-18-9(16,17)7(12,6(10)11)8(13,14)15/h6H,2-5H2,1H3. The van der Waals surface area contributed by atoms with Crippen LogP contribution in [0.15, 0.2) is 0 Å². The Morgan fingerprint density at radius 3 is 1.78 bits per heavy atom. The van der Waals surface area contributed by atoms with Crippen molar-refractivity contribution in [3.63, 3.8) is 0 Å². The lowest BCUT2D eigenvalue weighted by molar-refractivity contribution is -0.406. The fraction of sp³-hybridized carbons (Fsp3) is 1.00. The predicted molar refractivity (Wildman–Crippen MR) is 46.3 cm³/mol. The largest absolute Gasteiger partial charge is 0.437 e. The summed E-state index contributed by atoms with van der Waals surface area (Å²) in [6, 6.07) is 0. The molecule has 0 heterocycles. The molecule has 0 bridgehead atoms. The zero-order chi connectivity index (χ0) is 14.6. The van der Waals surface area contributed by atoms with Crippen molar-refractivity contribution in [2.45, 2.75) is 50.6 Å². The molecule has 0 spiro atoms. The van der Waals surface area contributed by atoms with Gasteiger partial charge in [-0.15, -0.1) is 0 Å². The van der Waals surface area contributed by atoms with Crippen molar-refractivity contribution in [2.24, 2.45) is 0 Å². The second-order valence-corrected chi connectivity index (χ2v) is 3.58. The first-order valence-electron chi connectivity index (χ1n) is 5.06. The maximum absolute atomic E-state index is 13.0. The Hall–Kier alpha value is -0.600. The van der Waals surface area contributed by atoms with Crippen LogP contribution in [0, 0.1) is 0 Å². The van der Waals surface area contributed by atoms with Crippen LogP contribution in [-0.2, 0) is 4.74 Å². The Labute approximate surface area is 98.1 Å². The number of hydrogen-bond donors (Lipinski definition) is 0. The number of ether oxygens (including phenoxy) is 1. The fourth-order valence-electron chi connectivity index (χ4n) is 1.07. The molecule has 0 saturated carbocycles. The summed E-state index contributed by atoms with van der Waals surface area (Å²) in [5.74, 6) is 0. The molecule has 110 valence electrons. The van der Waals surface area contributed by atoms with Crippen LogP contribution in [0.25, 0.3) is 0 Å². The summed E-state index contributed by atoms with van der Waals surface area (Å²) in [6.07, 6.45) is -16.2. The summed E-state index contributed by atoms with van der Waals surface area (Å²) in [5.41, 5.74) is -6.01. The fourth-order valence-corrected chi connectivity index (χ4v) is 1.07. The van der Waals surface area contributed by atoms with Gasteiger partial charge in [-0.3, -0.25) is 0 Å². The van der Waals surface area contributed by atoms with E-state index in [0.717, 1.165) is 0 Å². The number of alkyl halides is 8. The van der Waals surface area contributed by atoms with Crippen molar-refractivity contribution in [1.29, 1.82) is 0 Å². The van der Waals surface area contributed by atoms with Gasteiger partial charge in [0.1, 0.15) is 0 Å². The van der Waals surface area contributed by atoms with Crippen LogP contribution in [0.2, 0.25) is 0 Å². The molecule has 9 heteroatoms. The first-order chi connectivity index (χ1) is 8.00. The van der Waals surface area contributed by atoms with E-state index < -0.39 is 31.0 Å². The van der Waals surface area contributed by atoms with Crippen LogP contribution in [0.1, 0.15) is 26.2 Å². The molecule has 1 nitrogen and oxygen atoms in total. The van der Waals surface area contributed by atoms with Gasteiger partial charge in [-0.1, -0.05) is 19.8 Å². The van der Waals surface area contributed by atoms with Crippen molar-refractivity contribution in [2.75, 3.05) is 6.61 Å². The van der Waals surface area contributed by atoms with Gasteiger partial charge in [-0.05, 0) is 6.42 Å². The highest BCUT2D eigenvalue weighted by Crippen LogP contribution is 2.49. The summed E-state index contributed by atoms with van der Waals surface area (Å²) in [6.45, 7) is 0.738. The second-order valence-electron chi connectivity index (χ2n) is 3.58. The molecule has 1 atom stereocenters. The molecule has 0 aromatic heterocycles. The van der Waals surface area contributed by atoms with Crippen molar-refractivity contribution in [3.05, 3.63) is 0 Å². The Kier molecular flexibility index (Phi) is 5.83. The molecule has 0 rings (SSSR count). The van der Waals surface area contributed by atoms with Crippen molar-refractivity contribution in [3.8, 4) is 0 Å². The van der Waals surface area contributed by atoms with Gasteiger partial charge in [0.2, 0.25) is 0 Å². The maximum atomic E-state index is 13.0. The van der Waals surface area contributed by atoms with Crippen molar-refractivity contribution < 1.29 is 39.9 Å². The van der Waals surface area contributed by atoms with Gasteiger partial charge in [0.25, 0.3) is 6.43 Å². The summed E-state index contributed by atoms with van der Waals surface area (Å²) in [4.78, 5) is 0. The van der Waals surface area contributed by atoms with E-state index in [1.54, 1.807) is 6.92 Å². The monoisotopic (exact) mass is 288 g/mol. The lowest BCUT2D eigenvalue weighted by atomic mass is 10.1. The van der Waals surface area contributed by atoms with Crippen LogP contribution in [0.3, 0.4) is 0 Å². The van der Waals surface area contributed by atoms with Gasteiger partial charge < -0.3 is 4.74 Å². The minimum Gasteiger partial charge on any atom is -0.317 e. The van der Waals surface area contributed by atoms with Gasteiger partial charge in [0.05, 0.1) is 6.61 Å². The van der Waals surface area contributed by atoms with Crippen LogP contribution in [-0.4, -0.2) is 31.0 Å². The van der Waals surface area contributed by atoms with E-state index in [2.05, 4.69) is 4.74 Å². The average molecular weight is 288 g/mol. The topological polar surface area (TPSA) is 9.23 Å². The highest BCUT2D eigenvalue weighted by atomic mass is 19.4. The number of rotatable bonds is 7.